The number of nitrogens with zero attached hydrogens (tertiary/aromatic N) is 7. The third-order valence-electron chi connectivity index (χ3n) is 5.15. The zero-order valence-corrected chi connectivity index (χ0v) is 19.4. The molecule has 0 unspecified atom stereocenters. The van der Waals surface area contributed by atoms with Crippen molar-refractivity contribution < 1.29 is 0 Å². The zero-order valence-electron chi connectivity index (χ0n) is 17.8. The number of hydrogen-bond acceptors (Lipinski definition) is 7. The van der Waals surface area contributed by atoms with E-state index in [1.54, 1.807) is 24.1 Å². The van der Waals surface area contributed by atoms with Crippen molar-refractivity contribution in [3.63, 3.8) is 0 Å². The molecule has 0 bridgehead atoms. The molecule has 0 saturated carbocycles. The van der Waals surface area contributed by atoms with Crippen molar-refractivity contribution in [2.24, 2.45) is 17.8 Å². The Hall–Kier alpha value is -3.69. The first-order valence-electron chi connectivity index (χ1n) is 10.0. The van der Waals surface area contributed by atoms with E-state index in [4.69, 9.17) is 17.3 Å². The number of nitrogens with two attached hydrogens (primary N) is 1. The van der Waals surface area contributed by atoms with Crippen LogP contribution >= 0.6 is 23.4 Å². The number of benzene rings is 1. The highest BCUT2D eigenvalue weighted by Crippen LogP contribution is 2.34. The van der Waals surface area contributed by atoms with Gasteiger partial charge in [0, 0.05) is 77.6 Å². The average molecular weight is 475 g/mol. The Morgan fingerprint density at radius 3 is 2.76 bits per heavy atom. The minimum Gasteiger partial charge on any atom is -0.404 e. The Bertz CT molecular complexity index is 1550. The number of allylic oxidation sites excluding steroid dienone is 1. The third-order valence-corrected chi connectivity index (χ3v) is 6.51. The van der Waals surface area contributed by atoms with Crippen molar-refractivity contribution in [3.05, 3.63) is 71.9 Å². The molecule has 0 spiro atoms. The monoisotopic (exact) mass is 474 g/mol. The van der Waals surface area contributed by atoms with E-state index < -0.39 is 0 Å². The summed E-state index contributed by atoms with van der Waals surface area (Å²) >= 11 is 8.25. The summed E-state index contributed by atoms with van der Waals surface area (Å²) < 4.78 is 3.75. The largest absolute Gasteiger partial charge is 0.404 e. The molecular weight excluding hydrogens is 456 g/mol. The number of pyridine rings is 2. The highest BCUT2D eigenvalue weighted by molar-refractivity contribution is 7.99. The van der Waals surface area contributed by atoms with Gasteiger partial charge in [0.15, 0.2) is 10.8 Å². The third kappa shape index (κ3) is 3.96. The van der Waals surface area contributed by atoms with Gasteiger partial charge in [0.1, 0.15) is 0 Å². The Morgan fingerprint density at radius 1 is 1.12 bits per heavy atom. The molecule has 1 aromatic carbocycles. The SMILES string of the molecule is CN=CC(=CN)c1cnc2ccc(Sc3nnc4ccc(-c5cnn(C)c5)cn34)cc2c1Cl. The number of aryl methyl sites for hydroxylation is 1. The van der Waals surface area contributed by atoms with Crippen molar-refractivity contribution in [1.82, 2.24) is 29.4 Å². The van der Waals surface area contributed by atoms with E-state index in [2.05, 4.69) is 25.3 Å². The summed E-state index contributed by atoms with van der Waals surface area (Å²) in [5, 5.41) is 15.1. The second kappa shape index (κ2) is 8.68. The fourth-order valence-electron chi connectivity index (χ4n) is 3.53. The minimum atomic E-state index is 0.573. The lowest BCUT2D eigenvalue weighted by Gasteiger charge is -2.09. The van der Waals surface area contributed by atoms with Gasteiger partial charge in [-0.05, 0) is 42.1 Å². The Morgan fingerprint density at radius 2 is 2.00 bits per heavy atom. The summed E-state index contributed by atoms with van der Waals surface area (Å²) in [4.78, 5) is 9.54. The lowest BCUT2D eigenvalue weighted by atomic mass is 10.1. The predicted octanol–water partition coefficient (Wildman–Crippen LogP) is 4.48. The van der Waals surface area contributed by atoms with Crippen LogP contribution in [-0.4, -0.2) is 42.6 Å². The van der Waals surface area contributed by atoms with Crippen LogP contribution in [0.15, 0.2) is 76.4 Å². The maximum atomic E-state index is 6.74. The van der Waals surface area contributed by atoms with Gasteiger partial charge in [-0.2, -0.15) is 5.10 Å². The molecule has 2 N–H and O–H groups in total. The van der Waals surface area contributed by atoms with Gasteiger partial charge < -0.3 is 5.73 Å². The van der Waals surface area contributed by atoms with E-state index in [9.17, 15) is 0 Å². The molecule has 0 atom stereocenters. The van der Waals surface area contributed by atoms with Crippen molar-refractivity contribution >= 4 is 51.7 Å². The quantitative estimate of drug-likeness (QED) is 0.377. The average Bonchev–Trinajstić information content (AvgIpc) is 3.44. The van der Waals surface area contributed by atoms with E-state index in [0.717, 1.165) is 43.3 Å². The molecule has 164 valence electrons. The summed E-state index contributed by atoms with van der Waals surface area (Å²) in [6.45, 7) is 0. The molecule has 8 nitrogen and oxygen atoms in total. The number of hydrogen-bond donors (Lipinski definition) is 1. The molecule has 33 heavy (non-hydrogen) atoms. The van der Waals surface area contributed by atoms with E-state index in [-0.39, 0.29) is 0 Å². The van der Waals surface area contributed by atoms with Gasteiger partial charge in [0.05, 0.1) is 16.7 Å². The van der Waals surface area contributed by atoms with Crippen molar-refractivity contribution in [3.8, 4) is 11.1 Å². The lowest BCUT2D eigenvalue weighted by molar-refractivity contribution is 0.768. The van der Waals surface area contributed by atoms with E-state index in [1.807, 2.05) is 60.4 Å². The molecule has 5 aromatic rings. The number of halogens is 1. The molecule has 4 aromatic heterocycles. The van der Waals surface area contributed by atoms with Crippen molar-refractivity contribution in [1.29, 1.82) is 0 Å². The number of aliphatic imine (C=N–C) groups is 1. The van der Waals surface area contributed by atoms with E-state index >= 15 is 0 Å². The Labute approximate surface area is 198 Å². The van der Waals surface area contributed by atoms with Gasteiger partial charge in [0.2, 0.25) is 0 Å². The summed E-state index contributed by atoms with van der Waals surface area (Å²) in [5.41, 5.74) is 10.8. The molecule has 5 rings (SSSR count). The van der Waals surface area contributed by atoms with Crippen molar-refractivity contribution in [2.45, 2.75) is 10.1 Å². The molecule has 0 aliphatic carbocycles. The summed E-state index contributed by atoms with van der Waals surface area (Å²) in [6.07, 6.45) is 10.7. The van der Waals surface area contributed by atoms with Crippen LogP contribution in [0.3, 0.4) is 0 Å². The van der Waals surface area contributed by atoms with Gasteiger partial charge in [-0.3, -0.25) is 19.1 Å². The molecule has 0 fully saturated rings. The van der Waals surface area contributed by atoms with Crippen LogP contribution in [0.5, 0.6) is 0 Å². The highest BCUT2D eigenvalue weighted by Gasteiger charge is 2.13. The Kier molecular flexibility index (Phi) is 5.57. The highest BCUT2D eigenvalue weighted by atomic mass is 35.5. The van der Waals surface area contributed by atoms with Gasteiger partial charge in [-0.15, -0.1) is 10.2 Å². The summed E-state index contributed by atoms with van der Waals surface area (Å²) in [6, 6.07) is 9.90. The molecule has 0 saturated heterocycles. The fraction of sp³-hybridized carbons (Fsp3) is 0.0870. The molecule has 0 aliphatic heterocycles. The topological polar surface area (TPSA) is 99.3 Å². The van der Waals surface area contributed by atoms with Crippen LogP contribution in [0, 0.1) is 0 Å². The number of rotatable bonds is 5. The predicted molar refractivity (Wildman–Crippen MR) is 133 cm³/mol. The second-order valence-electron chi connectivity index (χ2n) is 7.31. The van der Waals surface area contributed by atoms with Crippen LogP contribution in [0.1, 0.15) is 5.56 Å². The van der Waals surface area contributed by atoms with E-state index in [1.165, 1.54) is 18.0 Å². The summed E-state index contributed by atoms with van der Waals surface area (Å²) in [5.74, 6) is 0. The van der Waals surface area contributed by atoms with Crippen molar-refractivity contribution in [2.75, 3.05) is 7.05 Å². The first-order valence-corrected chi connectivity index (χ1v) is 11.2. The molecule has 0 radical (unpaired) electrons. The fourth-order valence-corrected chi connectivity index (χ4v) is 4.69. The van der Waals surface area contributed by atoms with Crippen LogP contribution in [0.2, 0.25) is 5.02 Å². The normalized spacial score (nSPS) is 12.4. The molecule has 0 amide bonds. The zero-order chi connectivity index (χ0) is 22.9. The van der Waals surface area contributed by atoms with Gasteiger partial charge in [-0.25, -0.2) is 0 Å². The van der Waals surface area contributed by atoms with Crippen LogP contribution in [0.25, 0.3) is 33.3 Å². The molecule has 10 heteroatoms. The van der Waals surface area contributed by atoms with Gasteiger partial charge >= 0.3 is 0 Å². The maximum Gasteiger partial charge on any atom is 0.200 e. The Balaban J connectivity index is 1.54. The van der Waals surface area contributed by atoms with Gasteiger partial charge in [0.25, 0.3) is 0 Å². The maximum absolute atomic E-state index is 6.74. The molecule has 4 heterocycles. The first-order chi connectivity index (χ1) is 16.1. The standard InChI is InChI=1S/C23H19ClN8S/c1-26-9-15(8-25)19-11-27-20-5-4-17(7-18(20)22(19)24)33-23-30-29-21-6-3-14(13-32(21)23)16-10-28-31(2)12-16/h3-13H,25H2,1-2H3. The van der Waals surface area contributed by atoms with Crippen LogP contribution in [0.4, 0.5) is 0 Å². The minimum absolute atomic E-state index is 0.573. The van der Waals surface area contributed by atoms with Gasteiger partial charge in [-0.1, -0.05) is 11.6 Å². The van der Waals surface area contributed by atoms with Crippen LogP contribution < -0.4 is 5.73 Å². The molecular formula is C23H19ClN8S. The number of aromatic nitrogens is 6. The van der Waals surface area contributed by atoms with Crippen LogP contribution in [-0.2, 0) is 7.05 Å². The number of fused-ring (bicyclic) bond motifs is 2. The summed E-state index contributed by atoms with van der Waals surface area (Å²) in [7, 11) is 3.58. The molecule has 0 aliphatic rings. The smallest absolute Gasteiger partial charge is 0.200 e. The van der Waals surface area contributed by atoms with E-state index in [0.29, 0.717) is 10.6 Å². The lowest BCUT2D eigenvalue weighted by Crippen LogP contribution is -1.95. The second-order valence-corrected chi connectivity index (χ2v) is 8.73. The first kappa shape index (κ1) is 21.2.